The molecule has 0 N–H and O–H groups in total. The van der Waals surface area contributed by atoms with Crippen molar-refractivity contribution in [3.63, 3.8) is 0 Å². The third-order valence-corrected chi connectivity index (χ3v) is 2.26. The van der Waals surface area contributed by atoms with E-state index < -0.39 is 0 Å². The van der Waals surface area contributed by atoms with E-state index in [1.807, 2.05) is 19.9 Å². The Kier molecular flexibility index (Phi) is 6.44. The summed E-state index contributed by atoms with van der Waals surface area (Å²) in [6, 6.07) is 4.41. The van der Waals surface area contributed by atoms with Gasteiger partial charge in [0, 0.05) is 0 Å². The molecule has 0 spiro atoms. The molecular weight excluding hydrogens is 180 g/mol. The molecule has 0 aliphatic heterocycles. The fraction of sp³-hybridized carbons (Fsp3) is 0.333. The predicted octanol–water partition coefficient (Wildman–Crippen LogP) is 4.84. The van der Waals surface area contributed by atoms with Gasteiger partial charge in [-0.25, -0.2) is 0 Å². The van der Waals surface area contributed by atoms with Gasteiger partial charge in [-0.2, -0.15) is 0 Å². The van der Waals surface area contributed by atoms with Crippen molar-refractivity contribution in [3.8, 4) is 0 Å². The van der Waals surface area contributed by atoms with E-state index in [9.17, 15) is 0 Å². The molecule has 0 aliphatic rings. The number of allylic oxidation sites excluding steroid dienone is 2. The van der Waals surface area contributed by atoms with Crippen molar-refractivity contribution in [2.45, 2.75) is 34.6 Å². The molecule has 0 aromatic heterocycles. The Bertz CT molecular complexity index is 343. The molecule has 1 aromatic rings. The van der Waals surface area contributed by atoms with E-state index >= 15 is 0 Å². The van der Waals surface area contributed by atoms with E-state index in [0.717, 1.165) is 0 Å². The minimum Gasteiger partial charge on any atom is -0.0991 e. The molecule has 0 heterocycles. The Hall–Kier alpha value is -1.30. The average molecular weight is 202 g/mol. The van der Waals surface area contributed by atoms with Gasteiger partial charge in [-0.15, -0.1) is 0 Å². The molecule has 0 bridgehead atoms. The lowest BCUT2D eigenvalue weighted by Gasteiger charge is -2.06. The Morgan fingerprint density at radius 2 is 1.67 bits per heavy atom. The number of hydrogen-bond donors (Lipinski definition) is 0. The molecule has 0 saturated heterocycles. The summed E-state index contributed by atoms with van der Waals surface area (Å²) < 4.78 is 0. The second-order valence-electron chi connectivity index (χ2n) is 3.39. The van der Waals surface area contributed by atoms with E-state index in [4.69, 9.17) is 0 Å². The van der Waals surface area contributed by atoms with Crippen LogP contribution >= 0.6 is 0 Å². The van der Waals surface area contributed by atoms with Crippen molar-refractivity contribution in [2.24, 2.45) is 0 Å². The Labute approximate surface area is 94.3 Å². The molecule has 0 fully saturated rings. The second-order valence-corrected chi connectivity index (χ2v) is 3.39. The van der Waals surface area contributed by atoms with Gasteiger partial charge < -0.3 is 0 Å². The summed E-state index contributed by atoms with van der Waals surface area (Å²) in [4.78, 5) is 0. The number of aryl methyl sites for hydroxylation is 2. The number of rotatable bonds is 2. The smallest absolute Gasteiger partial charge is 0.0222 e. The van der Waals surface area contributed by atoms with E-state index in [1.165, 1.54) is 22.3 Å². The summed E-state index contributed by atoms with van der Waals surface area (Å²) >= 11 is 0. The van der Waals surface area contributed by atoms with E-state index in [1.54, 1.807) is 6.08 Å². The third kappa shape index (κ3) is 4.16. The Morgan fingerprint density at radius 1 is 1.07 bits per heavy atom. The van der Waals surface area contributed by atoms with Crippen LogP contribution in [0.25, 0.3) is 6.08 Å². The van der Waals surface area contributed by atoms with Gasteiger partial charge in [-0.05, 0) is 37.5 Å². The van der Waals surface area contributed by atoms with Crippen LogP contribution in [0.1, 0.15) is 36.1 Å². The maximum atomic E-state index is 3.66. The van der Waals surface area contributed by atoms with Crippen molar-refractivity contribution in [1.29, 1.82) is 0 Å². The third-order valence-electron chi connectivity index (χ3n) is 2.26. The summed E-state index contributed by atoms with van der Waals surface area (Å²) in [5.74, 6) is 0. The molecule has 0 unspecified atom stereocenters. The van der Waals surface area contributed by atoms with E-state index in [-0.39, 0.29) is 0 Å². The summed E-state index contributed by atoms with van der Waals surface area (Å²) in [5.41, 5.74) is 5.30. The highest BCUT2D eigenvalue weighted by atomic mass is 14.0. The molecule has 0 saturated carbocycles. The van der Waals surface area contributed by atoms with Gasteiger partial charge in [0.15, 0.2) is 0 Å². The maximum Gasteiger partial charge on any atom is -0.0222 e. The van der Waals surface area contributed by atoms with Crippen molar-refractivity contribution >= 4 is 6.08 Å². The molecule has 1 rings (SSSR count). The number of benzene rings is 1. The van der Waals surface area contributed by atoms with Crippen LogP contribution in [-0.4, -0.2) is 0 Å². The minimum atomic E-state index is 1.29. The topological polar surface area (TPSA) is 0 Å². The first-order chi connectivity index (χ1) is 7.15. The van der Waals surface area contributed by atoms with Crippen LogP contribution in [0.4, 0.5) is 0 Å². The molecule has 15 heavy (non-hydrogen) atoms. The first-order valence-corrected chi connectivity index (χ1v) is 5.52. The highest BCUT2D eigenvalue weighted by Crippen LogP contribution is 2.17. The van der Waals surface area contributed by atoms with E-state index in [2.05, 4.69) is 45.6 Å². The molecule has 0 heteroatoms. The maximum absolute atomic E-state index is 3.66. The summed E-state index contributed by atoms with van der Waals surface area (Å²) in [7, 11) is 0. The average Bonchev–Trinajstić information content (AvgIpc) is 2.24. The van der Waals surface area contributed by atoms with Gasteiger partial charge in [0.05, 0.1) is 0 Å². The molecular formula is C15H22. The Morgan fingerprint density at radius 3 is 2.20 bits per heavy atom. The summed E-state index contributed by atoms with van der Waals surface area (Å²) in [5, 5.41) is 0. The normalized spacial score (nSPS) is 9.67. The zero-order valence-corrected chi connectivity index (χ0v) is 10.6. The largest absolute Gasteiger partial charge is 0.0991 e. The van der Waals surface area contributed by atoms with Crippen molar-refractivity contribution < 1.29 is 0 Å². The lowest BCUT2D eigenvalue weighted by Crippen LogP contribution is -1.87. The molecule has 82 valence electrons. The van der Waals surface area contributed by atoms with Crippen LogP contribution in [0.15, 0.2) is 30.9 Å². The van der Waals surface area contributed by atoms with Crippen LogP contribution in [0.3, 0.4) is 0 Å². The van der Waals surface area contributed by atoms with Gasteiger partial charge in [0.25, 0.3) is 0 Å². The van der Waals surface area contributed by atoms with Gasteiger partial charge in [-0.3, -0.25) is 0 Å². The SMILES string of the molecule is C=C/C=C\c1cc(C)cc(C)c1C.CC. The first-order valence-electron chi connectivity index (χ1n) is 5.52. The Balaban J connectivity index is 0.000000921. The van der Waals surface area contributed by atoms with Crippen LogP contribution in [0, 0.1) is 20.8 Å². The van der Waals surface area contributed by atoms with Crippen molar-refractivity contribution in [2.75, 3.05) is 0 Å². The molecule has 1 aromatic carbocycles. The van der Waals surface area contributed by atoms with Gasteiger partial charge in [0.1, 0.15) is 0 Å². The molecule has 0 atom stereocenters. The molecule has 0 nitrogen and oxygen atoms in total. The number of hydrogen-bond acceptors (Lipinski definition) is 0. The van der Waals surface area contributed by atoms with Crippen LogP contribution in [-0.2, 0) is 0 Å². The molecule has 0 radical (unpaired) electrons. The molecule has 0 amide bonds. The van der Waals surface area contributed by atoms with Crippen LogP contribution in [0.2, 0.25) is 0 Å². The standard InChI is InChI=1S/C13H16.C2H6/c1-5-6-7-13-9-10(2)8-11(3)12(13)4;1-2/h5-9H,1H2,2-4H3;1-2H3/b7-6-;. The fourth-order valence-electron chi connectivity index (χ4n) is 1.42. The summed E-state index contributed by atoms with van der Waals surface area (Å²) in [6.07, 6.45) is 5.88. The quantitative estimate of drug-likeness (QED) is 0.602. The van der Waals surface area contributed by atoms with Crippen LogP contribution < -0.4 is 0 Å². The lowest BCUT2D eigenvalue weighted by atomic mass is 10.00. The zero-order valence-electron chi connectivity index (χ0n) is 10.6. The first kappa shape index (κ1) is 13.7. The lowest BCUT2D eigenvalue weighted by molar-refractivity contribution is 1.28. The zero-order chi connectivity index (χ0) is 11.8. The van der Waals surface area contributed by atoms with Crippen LogP contribution in [0.5, 0.6) is 0 Å². The monoisotopic (exact) mass is 202 g/mol. The highest BCUT2D eigenvalue weighted by Gasteiger charge is 1.98. The molecule has 0 aliphatic carbocycles. The highest BCUT2D eigenvalue weighted by molar-refractivity contribution is 5.57. The second kappa shape index (κ2) is 7.05. The van der Waals surface area contributed by atoms with Crippen molar-refractivity contribution in [3.05, 3.63) is 53.1 Å². The summed E-state index contributed by atoms with van der Waals surface area (Å²) in [6.45, 7) is 14.1. The van der Waals surface area contributed by atoms with Crippen molar-refractivity contribution in [1.82, 2.24) is 0 Å². The van der Waals surface area contributed by atoms with E-state index in [0.29, 0.717) is 0 Å². The van der Waals surface area contributed by atoms with Gasteiger partial charge in [0.2, 0.25) is 0 Å². The fourth-order valence-corrected chi connectivity index (χ4v) is 1.42. The minimum absolute atomic E-state index is 1.29. The predicted molar refractivity (Wildman–Crippen MR) is 71.2 cm³/mol. The van der Waals surface area contributed by atoms with Gasteiger partial charge >= 0.3 is 0 Å². The van der Waals surface area contributed by atoms with Gasteiger partial charge in [-0.1, -0.05) is 56.4 Å².